The molecule has 1 rings (SSSR count). The van der Waals surface area contributed by atoms with E-state index in [1.807, 2.05) is 0 Å². The van der Waals surface area contributed by atoms with Crippen LogP contribution in [0.1, 0.15) is 59.3 Å². The Morgan fingerprint density at radius 1 is 1.38 bits per heavy atom. The second-order valence-electron chi connectivity index (χ2n) is 5.58. The minimum atomic E-state index is 0.296. The van der Waals surface area contributed by atoms with Gasteiger partial charge in [-0.1, -0.05) is 33.6 Å². The number of hydrogen-bond acceptors (Lipinski definition) is 2. The van der Waals surface area contributed by atoms with E-state index in [4.69, 9.17) is 5.73 Å². The molecule has 2 unspecified atom stereocenters. The number of piperidine rings is 1. The predicted molar refractivity (Wildman–Crippen MR) is 71.6 cm³/mol. The fraction of sp³-hybridized carbons (Fsp3) is 1.00. The van der Waals surface area contributed by atoms with Crippen LogP contribution < -0.4 is 5.73 Å². The van der Waals surface area contributed by atoms with E-state index < -0.39 is 0 Å². The zero-order valence-electron chi connectivity index (χ0n) is 11.5. The average Bonchev–Trinajstić information content (AvgIpc) is 2.31. The van der Waals surface area contributed by atoms with E-state index in [1.54, 1.807) is 0 Å². The maximum atomic E-state index is 6.09. The molecule has 2 N–H and O–H groups in total. The highest BCUT2D eigenvalue weighted by atomic mass is 15.2. The molecule has 96 valence electrons. The minimum absolute atomic E-state index is 0.296. The highest BCUT2D eigenvalue weighted by molar-refractivity contribution is 4.92. The number of nitrogens with zero attached hydrogens (tertiary/aromatic N) is 1. The molecule has 0 radical (unpaired) electrons. The monoisotopic (exact) mass is 226 g/mol. The third-order valence-corrected chi connectivity index (χ3v) is 4.36. The van der Waals surface area contributed by atoms with Crippen molar-refractivity contribution in [3.63, 3.8) is 0 Å². The third-order valence-electron chi connectivity index (χ3n) is 4.36. The molecular formula is C14H30N2. The predicted octanol–water partition coefficient (Wildman–Crippen LogP) is 3.02. The molecule has 0 aromatic carbocycles. The Morgan fingerprint density at radius 3 is 2.62 bits per heavy atom. The number of nitrogens with two attached hydrogens (primary N) is 1. The number of unbranched alkanes of at least 4 members (excludes halogenated alkanes) is 1. The van der Waals surface area contributed by atoms with Gasteiger partial charge in [0.1, 0.15) is 0 Å². The van der Waals surface area contributed by atoms with Crippen molar-refractivity contribution in [3.8, 4) is 0 Å². The zero-order chi connectivity index (χ0) is 12.0. The fourth-order valence-electron chi connectivity index (χ4n) is 3.06. The van der Waals surface area contributed by atoms with Crippen LogP contribution in [0.5, 0.6) is 0 Å². The Bertz CT molecular complexity index is 187. The van der Waals surface area contributed by atoms with E-state index in [1.165, 1.54) is 51.6 Å². The minimum Gasteiger partial charge on any atom is -0.329 e. The summed E-state index contributed by atoms with van der Waals surface area (Å²) in [6, 6.07) is 0. The van der Waals surface area contributed by atoms with Crippen molar-refractivity contribution in [2.75, 3.05) is 19.6 Å². The van der Waals surface area contributed by atoms with Crippen molar-refractivity contribution in [2.24, 2.45) is 11.7 Å². The standard InChI is InChI=1S/C14H30N2/c1-4-6-9-14(5-2,12-15)16-10-7-8-13(3)11-16/h13H,4-12,15H2,1-3H3. The van der Waals surface area contributed by atoms with E-state index in [0.717, 1.165) is 12.5 Å². The molecule has 0 aromatic rings. The van der Waals surface area contributed by atoms with Gasteiger partial charge in [-0.15, -0.1) is 0 Å². The van der Waals surface area contributed by atoms with Gasteiger partial charge in [-0.3, -0.25) is 4.90 Å². The summed E-state index contributed by atoms with van der Waals surface area (Å²) < 4.78 is 0. The van der Waals surface area contributed by atoms with Crippen LogP contribution in [0.25, 0.3) is 0 Å². The van der Waals surface area contributed by atoms with Gasteiger partial charge in [0, 0.05) is 18.6 Å². The summed E-state index contributed by atoms with van der Waals surface area (Å²) in [6.45, 7) is 10.3. The van der Waals surface area contributed by atoms with Crippen LogP contribution in [0.3, 0.4) is 0 Å². The van der Waals surface area contributed by atoms with Crippen LogP contribution in [0.4, 0.5) is 0 Å². The molecule has 0 amide bonds. The van der Waals surface area contributed by atoms with Gasteiger partial charge in [0.05, 0.1) is 0 Å². The molecule has 1 fully saturated rings. The number of hydrogen-bond donors (Lipinski definition) is 1. The van der Waals surface area contributed by atoms with Crippen LogP contribution >= 0.6 is 0 Å². The Hall–Kier alpha value is -0.0800. The normalized spacial score (nSPS) is 26.6. The summed E-state index contributed by atoms with van der Waals surface area (Å²) in [5.74, 6) is 0.854. The molecule has 0 saturated carbocycles. The molecule has 0 aliphatic carbocycles. The SMILES string of the molecule is CCCCC(CC)(CN)N1CCCC(C)C1. The Labute approximate surface area is 102 Å². The quantitative estimate of drug-likeness (QED) is 0.754. The molecule has 16 heavy (non-hydrogen) atoms. The first kappa shape index (κ1) is 14.0. The van der Waals surface area contributed by atoms with Gasteiger partial charge >= 0.3 is 0 Å². The second-order valence-corrected chi connectivity index (χ2v) is 5.58. The van der Waals surface area contributed by atoms with E-state index in [-0.39, 0.29) is 0 Å². The molecular weight excluding hydrogens is 196 g/mol. The van der Waals surface area contributed by atoms with Crippen LogP contribution in [0.2, 0.25) is 0 Å². The molecule has 0 bridgehead atoms. The molecule has 0 aromatic heterocycles. The Balaban J connectivity index is 2.66. The summed E-state index contributed by atoms with van der Waals surface area (Å²) in [4.78, 5) is 2.69. The lowest BCUT2D eigenvalue weighted by Crippen LogP contribution is -2.56. The van der Waals surface area contributed by atoms with Crippen molar-refractivity contribution >= 4 is 0 Å². The summed E-state index contributed by atoms with van der Waals surface area (Å²) in [6.07, 6.45) is 7.84. The van der Waals surface area contributed by atoms with E-state index in [9.17, 15) is 0 Å². The smallest absolute Gasteiger partial charge is 0.0329 e. The highest BCUT2D eigenvalue weighted by Crippen LogP contribution is 2.30. The zero-order valence-corrected chi connectivity index (χ0v) is 11.5. The average molecular weight is 226 g/mol. The lowest BCUT2D eigenvalue weighted by molar-refractivity contribution is 0.0397. The van der Waals surface area contributed by atoms with E-state index >= 15 is 0 Å². The molecule has 0 spiro atoms. The Morgan fingerprint density at radius 2 is 2.12 bits per heavy atom. The molecule has 1 saturated heterocycles. The van der Waals surface area contributed by atoms with Crippen LogP contribution in [-0.2, 0) is 0 Å². The maximum Gasteiger partial charge on any atom is 0.0329 e. The van der Waals surface area contributed by atoms with Crippen molar-refractivity contribution < 1.29 is 0 Å². The highest BCUT2D eigenvalue weighted by Gasteiger charge is 2.35. The number of likely N-dealkylation sites (tertiary alicyclic amines) is 1. The largest absolute Gasteiger partial charge is 0.329 e. The molecule has 2 atom stereocenters. The van der Waals surface area contributed by atoms with Gasteiger partial charge in [0.15, 0.2) is 0 Å². The van der Waals surface area contributed by atoms with Gasteiger partial charge in [0.2, 0.25) is 0 Å². The van der Waals surface area contributed by atoms with Gasteiger partial charge < -0.3 is 5.73 Å². The fourth-order valence-corrected chi connectivity index (χ4v) is 3.06. The van der Waals surface area contributed by atoms with Gasteiger partial charge in [0.25, 0.3) is 0 Å². The van der Waals surface area contributed by atoms with Gasteiger partial charge in [-0.05, 0) is 38.1 Å². The lowest BCUT2D eigenvalue weighted by atomic mass is 9.84. The van der Waals surface area contributed by atoms with Crippen LogP contribution in [-0.4, -0.2) is 30.1 Å². The van der Waals surface area contributed by atoms with E-state index in [2.05, 4.69) is 25.7 Å². The topological polar surface area (TPSA) is 29.3 Å². The first-order valence-electron chi connectivity index (χ1n) is 7.13. The summed E-state index contributed by atoms with van der Waals surface area (Å²) in [7, 11) is 0. The molecule has 1 heterocycles. The second kappa shape index (κ2) is 6.61. The maximum absolute atomic E-state index is 6.09. The first-order valence-corrected chi connectivity index (χ1v) is 7.13. The summed E-state index contributed by atoms with van der Waals surface area (Å²) in [5, 5.41) is 0. The number of rotatable bonds is 6. The lowest BCUT2D eigenvalue weighted by Gasteiger charge is -2.46. The molecule has 1 aliphatic heterocycles. The summed E-state index contributed by atoms with van der Waals surface area (Å²) in [5.41, 5.74) is 6.39. The van der Waals surface area contributed by atoms with Crippen molar-refractivity contribution in [3.05, 3.63) is 0 Å². The van der Waals surface area contributed by atoms with Crippen LogP contribution in [0, 0.1) is 5.92 Å². The first-order chi connectivity index (χ1) is 7.68. The molecule has 2 nitrogen and oxygen atoms in total. The van der Waals surface area contributed by atoms with Crippen LogP contribution in [0.15, 0.2) is 0 Å². The Kier molecular flexibility index (Phi) is 5.77. The van der Waals surface area contributed by atoms with Gasteiger partial charge in [-0.25, -0.2) is 0 Å². The third kappa shape index (κ3) is 3.21. The summed E-state index contributed by atoms with van der Waals surface area (Å²) >= 11 is 0. The molecule has 2 heteroatoms. The van der Waals surface area contributed by atoms with Crippen molar-refractivity contribution in [1.82, 2.24) is 4.90 Å². The van der Waals surface area contributed by atoms with Crippen molar-refractivity contribution in [1.29, 1.82) is 0 Å². The van der Waals surface area contributed by atoms with Crippen molar-refractivity contribution in [2.45, 2.75) is 64.8 Å². The van der Waals surface area contributed by atoms with Gasteiger partial charge in [-0.2, -0.15) is 0 Å². The molecule has 1 aliphatic rings. The van der Waals surface area contributed by atoms with E-state index in [0.29, 0.717) is 5.54 Å².